The molecule has 0 aliphatic carbocycles. The Hall–Kier alpha value is -2.20. The van der Waals surface area contributed by atoms with Crippen molar-refractivity contribution in [1.82, 2.24) is 0 Å². The number of hydrogen-bond donors (Lipinski definition) is 0. The third kappa shape index (κ3) is 1.86. The van der Waals surface area contributed by atoms with Crippen LogP contribution in [0.5, 0.6) is 0 Å². The van der Waals surface area contributed by atoms with Crippen molar-refractivity contribution in [2.24, 2.45) is 0 Å². The summed E-state index contributed by atoms with van der Waals surface area (Å²) in [6.45, 7) is 0. The van der Waals surface area contributed by atoms with Crippen molar-refractivity contribution in [2.45, 2.75) is 0 Å². The highest BCUT2D eigenvalue weighted by molar-refractivity contribution is 7.51. The van der Waals surface area contributed by atoms with Gasteiger partial charge in [0.25, 0.3) is 0 Å². The summed E-state index contributed by atoms with van der Waals surface area (Å²) in [7, 11) is -0.0331. The molecule has 3 heterocycles. The summed E-state index contributed by atoms with van der Waals surface area (Å²) in [6.07, 6.45) is 0. The van der Waals surface area contributed by atoms with Crippen LogP contribution in [0.3, 0.4) is 0 Å². The lowest BCUT2D eigenvalue weighted by molar-refractivity contribution is 1.76. The zero-order valence-corrected chi connectivity index (χ0v) is 15.7. The fourth-order valence-corrected chi connectivity index (χ4v) is 8.21. The number of benzene rings is 3. The van der Waals surface area contributed by atoms with Gasteiger partial charge in [0.1, 0.15) is 0 Å². The molecule has 0 bridgehead atoms. The number of thiophene rings is 3. The van der Waals surface area contributed by atoms with E-state index < -0.39 is 0 Å². The molecular formula is C22H13S3+. The van der Waals surface area contributed by atoms with Gasteiger partial charge in [-0.3, -0.25) is 0 Å². The van der Waals surface area contributed by atoms with E-state index in [-0.39, 0.29) is 10.5 Å². The number of fused-ring (bicyclic) bond motifs is 7. The first-order valence-corrected chi connectivity index (χ1v) is 11.2. The zero-order valence-electron chi connectivity index (χ0n) is 13.2. The highest BCUT2D eigenvalue weighted by Crippen LogP contribution is 2.53. The molecule has 0 aliphatic heterocycles. The van der Waals surface area contributed by atoms with E-state index in [1.807, 2.05) is 22.7 Å². The number of hydrogen-bond acceptors (Lipinski definition) is 2. The van der Waals surface area contributed by atoms with E-state index in [2.05, 4.69) is 77.5 Å². The Kier molecular flexibility index (Phi) is 2.89. The van der Waals surface area contributed by atoms with E-state index in [1.165, 1.54) is 45.2 Å². The van der Waals surface area contributed by atoms with Gasteiger partial charge in [-0.05, 0) is 59.3 Å². The van der Waals surface area contributed by atoms with Crippen LogP contribution in [0, 0.1) is 0 Å². The maximum atomic E-state index is 2.33. The van der Waals surface area contributed by atoms with Crippen molar-refractivity contribution in [1.29, 1.82) is 0 Å². The summed E-state index contributed by atoms with van der Waals surface area (Å²) in [5.41, 5.74) is 0. The van der Waals surface area contributed by atoms with Gasteiger partial charge in [0, 0.05) is 30.6 Å². The Bertz CT molecular complexity index is 1290. The molecule has 0 fully saturated rings. The van der Waals surface area contributed by atoms with Gasteiger partial charge in [-0.1, -0.05) is 18.2 Å². The van der Waals surface area contributed by atoms with Crippen LogP contribution in [0.25, 0.3) is 45.2 Å². The lowest BCUT2D eigenvalue weighted by atomic mass is 10.1. The van der Waals surface area contributed by atoms with Gasteiger partial charge in [0.2, 0.25) is 0 Å². The van der Waals surface area contributed by atoms with Crippen LogP contribution in [0.2, 0.25) is 0 Å². The molecule has 3 heteroatoms. The third-order valence-corrected chi connectivity index (χ3v) is 9.05. The molecule has 6 rings (SSSR count). The average molecular weight is 374 g/mol. The Balaban J connectivity index is 1.99. The maximum Gasteiger partial charge on any atom is 0.196 e. The monoisotopic (exact) mass is 373 g/mol. The molecular weight excluding hydrogens is 360 g/mol. The van der Waals surface area contributed by atoms with Crippen LogP contribution < -0.4 is 0 Å². The van der Waals surface area contributed by atoms with Gasteiger partial charge in [-0.15, -0.1) is 22.7 Å². The molecule has 6 aromatic rings. The molecule has 0 amide bonds. The maximum absolute atomic E-state index is 2.33. The van der Waals surface area contributed by atoms with Gasteiger partial charge >= 0.3 is 0 Å². The zero-order chi connectivity index (χ0) is 16.4. The van der Waals surface area contributed by atoms with Crippen LogP contribution in [0.4, 0.5) is 0 Å². The van der Waals surface area contributed by atoms with E-state index in [4.69, 9.17) is 0 Å². The van der Waals surface area contributed by atoms with Crippen molar-refractivity contribution < 1.29 is 0 Å². The van der Waals surface area contributed by atoms with Crippen LogP contribution in [0.15, 0.2) is 77.5 Å². The van der Waals surface area contributed by atoms with E-state index >= 15 is 0 Å². The molecule has 118 valence electrons. The molecule has 3 aromatic heterocycles. The molecule has 0 spiro atoms. The Morgan fingerprint density at radius 1 is 0.520 bits per heavy atom. The Labute approximate surface area is 155 Å². The van der Waals surface area contributed by atoms with Crippen LogP contribution in [-0.4, -0.2) is 0 Å². The largest absolute Gasteiger partial charge is 0.196 e. The minimum Gasteiger partial charge on any atom is -0.144 e. The van der Waals surface area contributed by atoms with Gasteiger partial charge in [-0.2, -0.15) is 0 Å². The molecule has 0 unspecified atom stereocenters. The molecule has 3 aromatic carbocycles. The summed E-state index contributed by atoms with van der Waals surface area (Å²) in [6, 6.07) is 24.9. The highest BCUT2D eigenvalue weighted by atomic mass is 32.2. The summed E-state index contributed by atoms with van der Waals surface area (Å²) >= 11 is 3.68. The predicted octanol–water partition coefficient (Wildman–Crippen LogP) is 8.16. The fraction of sp³-hybridized carbons (Fsp3) is 0. The topological polar surface area (TPSA) is 0 Å². The second-order valence-electron chi connectivity index (χ2n) is 6.17. The van der Waals surface area contributed by atoms with Crippen LogP contribution in [0.1, 0.15) is 0 Å². The molecule has 0 aliphatic rings. The SMILES string of the molecule is c1ccc(-[s+]2c3c4ccsc4ccc3c3ccc4sccc4c32)cc1. The van der Waals surface area contributed by atoms with Crippen molar-refractivity contribution in [2.75, 3.05) is 0 Å². The summed E-state index contributed by atoms with van der Waals surface area (Å²) in [5.74, 6) is 0. The van der Waals surface area contributed by atoms with E-state index in [0.29, 0.717) is 0 Å². The minimum absolute atomic E-state index is 0.0331. The molecule has 0 saturated heterocycles. The van der Waals surface area contributed by atoms with Gasteiger partial charge in [0.15, 0.2) is 14.3 Å². The molecule has 0 atom stereocenters. The van der Waals surface area contributed by atoms with Crippen molar-refractivity contribution in [3.63, 3.8) is 0 Å². The lowest BCUT2D eigenvalue weighted by Crippen LogP contribution is -1.71. The second-order valence-corrected chi connectivity index (χ2v) is 9.96. The molecule has 0 nitrogen and oxygen atoms in total. The molecule has 0 saturated carbocycles. The van der Waals surface area contributed by atoms with Gasteiger partial charge < -0.3 is 0 Å². The first kappa shape index (κ1) is 14.0. The van der Waals surface area contributed by atoms with E-state index in [9.17, 15) is 0 Å². The quantitative estimate of drug-likeness (QED) is 0.255. The first-order valence-electron chi connectivity index (χ1n) is 8.22. The average Bonchev–Trinajstić information content (AvgIpc) is 3.37. The Morgan fingerprint density at radius 2 is 1.08 bits per heavy atom. The van der Waals surface area contributed by atoms with Crippen molar-refractivity contribution in [3.05, 3.63) is 77.5 Å². The third-order valence-electron chi connectivity index (χ3n) is 4.85. The number of rotatable bonds is 1. The second kappa shape index (κ2) is 5.15. The fourth-order valence-electron chi connectivity index (χ4n) is 3.79. The predicted molar refractivity (Wildman–Crippen MR) is 116 cm³/mol. The summed E-state index contributed by atoms with van der Waals surface area (Å²) in [4.78, 5) is 1.42. The molecule has 0 N–H and O–H groups in total. The van der Waals surface area contributed by atoms with E-state index in [0.717, 1.165) is 0 Å². The molecule has 0 radical (unpaired) electrons. The van der Waals surface area contributed by atoms with Crippen molar-refractivity contribution in [3.8, 4) is 4.90 Å². The van der Waals surface area contributed by atoms with Crippen LogP contribution in [-0.2, 0) is 0 Å². The van der Waals surface area contributed by atoms with E-state index in [1.54, 1.807) is 0 Å². The van der Waals surface area contributed by atoms with Gasteiger partial charge in [-0.25, -0.2) is 0 Å². The first-order chi connectivity index (χ1) is 12.4. The smallest absolute Gasteiger partial charge is 0.144 e. The van der Waals surface area contributed by atoms with Crippen molar-refractivity contribution >= 4 is 73.5 Å². The molecule has 25 heavy (non-hydrogen) atoms. The summed E-state index contributed by atoms with van der Waals surface area (Å²) < 4.78 is 5.81. The normalized spacial score (nSPS) is 12.0. The summed E-state index contributed by atoms with van der Waals surface area (Å²) in [5, 5.41) is 10.1. The Morgan fingerprint density at radius 3 is 1.64 bits per heavy atom. The lowest BCUT2D eigenvalue weighted by Gasteiger charge is -1.95. The van der Waals surface area contributed by atoms with Crippen LogP contribution >= 0.6 is 33.1 Å². The standard InChI is InChI=1S/C22H13S3/c1-2-4-14(5-3-1)25-21-15(6-8-19-17(21)10-12-23-19)16-7-9-20-18(22(16)25)11-13-24-20/h1-13H/q+1. The van der Waals surface area contributed by atoms with Gasteiger partial charge in [0.05, 0.1) is 10.8 Å². The highest BCUT2D eigenvalue weighted by Gasteiger charge is 2.27. The minimum atomic E-state index is -0.0331.